The third-order valence-electron chi connectivity index (χ3n) is 2.88. The van der Waals surface area contributed by atoms with Crippen molar-refractivity contribution in [1.29, 1.82) is 0 Å². The summed E-state index contributed by atoms with van der Waals surface area (Å²) < 4.78 is 0. The Balaban J connectivity index is 1.75. The van der Waals surface area contributed by atoms with E-state index in [4.69, 9.17) is 0 Å². The Morgan fingerprint density at radius 1 is 1.05 bits per heavy atom. The minimum absolute atomic E-state index is 0.108. The van der Waals surface area contributed by atoms with Gasteiger partial charge in [0.05, 0.1) is 0 Å². The molecule has 2 rings (SSSR count). The van der Waals surface area contributed by atoms with Crippen LogP contribution >= 0.6 is 0 Å². The topological polar surface area (TPSA) is 49.3 Å². The lowest BCUT2D eigenvalue weighted by Crippen LogP contribution is -2.24. The molecule has 0 aliphatic heterocycles. The van der Waals surface area contributed by atoms with Crippen molar-refractivity contribution < 1.29 is 9.90 Å². The molecule has 0 aliphatic rings. The summed E-state index contributed by atoms with van der Waals surface area (Å²) in [5.41, 5.74) is 1.76. The predicted molar refractivity (Wildman–Crippen MR) is 75.2 cm³/mol. The van der Waals surface area contributed by atoms with Crippen molar-refractivity contribution in [2.75, 3.05) is 6.54 Å². The Morgan fingerprint density at radius 2 is 1.84 bits per heavy atom. The number of aromatic hydroxyl groups is 1. The first-order valence-electron chi connectivity index (χ1n) is 6.37. The summed E-state index contributed by atoms with van der Waals surface area (Å²) in [6.07, 6.45) is 1.84. The number of hydrogen-bond donors (Lipinski definition) is 2. The zero-order chi connectivity index (χ0) is 13.5. The number of rotatable bonds is 5. The molecule has 3 heteroatoms. The monoisotopic (exact) mass is 255 g/mol. The Kier molecular flexibility index (Phi) is 4.56. The molecule has 2 aromatic rings. The van der Waals surface area contributed by atoms with Crippen LogP contribution in [0.15, 0.2) is 54.6 Å². The van der Waals surface area contributed by atoms with Gasteiger partial charge in [-0.25, -0.2) is 0 Å². The number of carbonyl (C=O) groups excluding carboxylic acids is 1. The van der Waals surface area contributed by atoms with E-state index < -0.39 is 0 Å². The number of hydrogen-bond acceptors (Lipinski definition) is 2. The average molecular weight is 255 g/mol. The van der Waals surface area contributed by atoms with Crippen molar-refractivity contribution in [1.82, 2.24) is 5.32 Å². The number of amides is 1. The average Bonchev–Trinajstić information content (AvgIpc) is 2.44. The minimum atomic E-state index is -0.149. The Morgan fingerprint density at radius 3 is 2.58 bits per heavy atom. The smallest absolute Gasteiger partial charge is 0.251 e. The van der Waals surface area contributed by atoms with Gasteiger partial charge in [0.15, 0.2) is 0 Å². The van der Waals surface area contributed by atoms with Gasteiger partial charge in [-0.2, -0.15) is 0 Å². The first-order valence-corrected chi connectivity index (χ1v) is 6.37. The van der Waals surface area contributed by atoms with E-state index in [1.807, 2.05) is 18.2 Å². The maximum atomic E-state index is 11.8. The second kappa shape index (κ2) is 6.59. The highest BCUT2D eigenvalue weighted by Crippen LogP contribution is 2.10. The Labute approximate surface area is 112 Å². The van der Waals surface area contributed by atoms with Crippen LogP contribution in [0.4, 0.5) is 0 Å². The van der Waals surface area contributed by atoms with Crippen molar-refractivity contribution in [2.45, 2.75) is 12.8 Å². The highest BCUT2D eigenvalue weighted by Gasteiger charge is 2.04. The van der Waals surface area contributed by atoms with Gasteiger partial charge in [-0.1, -0.05) is 36.4 Å². The lowest BCUT2D eigenvalue weighted by molar-refractivity contribution is 0.0953. The van der Waals surface area contributed by atoms with Gasteiger partial charge in [0, 0.05) is 12.1 Å². The van der Waals surface area contributed by atoms with Crippen molar-refractivity contribution in [2.24, 2.45) is 0 Å². The second-order valence-corrected chi connectivity index (χ2v) is 4.40. The number of carbonyl (C=O) groups is 1. The number of phenolic OH excluding ortho intramolecular Hbond substituents is 1. The zero-order valence-electron chi connectivity index (χ0n) is 10.7. The van der Waals surface area contributed by atoms with Gasteiger partial charge in [-0.05, 0) is 36.6 Å². The maximum Gasteiger partial charge on any atom is 0.251 e. The van der Waals surface area contributed by atoms with Crippen molar-refractivity contribution >= 4 is 5.91 Å². The molecule has 0 unspecified atom stereocenters. The van der Waals surface area contributed by atoms with Crippen LogP contribution in [0.1, 0.15) is 22.3 Å². The molecule has 2 N–H and O–H groups in total. The van der Waals surface area contributed by atoms with E-state index in [-0.39, 0.29) is 11.7 Å². The molecule has 0 atom stereocenters. The number of aryl methyl sites for hydroxylation is 1. The molecule has 0 fully saturated rings. The first-order chi connectivity index (χ1) is 9.25. The Hall–Kier alpha value is -2.29. The highest BCUT2D eigenvalue weighted by atomic mass is 16.3. The molecule has 0 bridgehead atoms. The van der Waals surface area contributed by atoms with E-state index in [0.717, 1.165) is 12.8 Å². The SMILES string of the molecule is O=C(NCCCc1ccccc1)c1cccc(O)c1. The molecule has 0 saturated heterocycles. The van der Waals surface area contributed by atoms with Gasteiger partial charge in [0.2, 0.25) is 0 Å². The lowest BCUT2D eigenvalue weighted by atomic mass is 10.1. The third-order valence-corrected chi connectivity index (χ3v) is 2.88. The third kappa shape index (κ3) is 4.14. The van der Waals surface area contributed by atoms with Gasteiger partial charge in [-0.15, -0.1) is 0 Å². The molecular weight excluding hydrogens is 238 g/mol. The molecule has 0 aromatic heterocycles. The molecule has 3 nitrogen and oxygen atoms in total. The highest BCUT2D eigenvalue weighted by molar-refractivity contribution is 5.94. The summed E-state index contributed by atoms with van der Waals surface area (Å²) in [4.78, 5) is 11.8. The van der Waals surface area contributed by atoms with Crippen LogP contribution < -0.4 is 5.32 Å². The minimum Gasteiger partial charge on any atom is -0.508 e. The van der Waals surface area contributed by atoms with E-state index in [0.29, 0.717) is 12.1 Å². The number of nitrogens with one attached hydrogen (secondary N) is 1. The van der Waals surface area contributed by atoms with E-state index in [1.54, 1.807) is 18.2 Å². The largest absolute Gasteiger partial charge is 0.508 e. The van der Waals surface area contributed by atoms with Crippen LogP contribution in [0.3, 0.4) is 0 Å². The van der Waals surface area contributed by atoms with Gasteiger partial charge >= 0.3 is 0 Å². The normalized spacial score (nSPS) is 10.1. The summed E-state index contributed by atoms with van der Waals surface area (Å²) in [6.45, 7) is 0.628. The van der Waals surface area contributed by atoms with Gasteiger partial charge < -0.3 is 10.4 Å². The van der Waals surface area contributed by atoms with Crippen molar-refractivity contribution in [3.05, 3.63) is 65.7 Å². The fourth-order valence-electron chi connectivity index (χ4n) is 1.89. The summed E-state index contributed by atoms with van der Waals surface area (Å²) in [5, 5.41) is 12.1. The van der Waals surface area contributed by atoms with E-state index in [9.17, 15) is 9.90 Å². The molecular formula is C16H17NO2. The molecule has 0 radical (unpaired) electrons. The first kappa shape index (κ1) is 13.1. The van der Waals surface area contributed by atoms with E-state index >= 15 is 0 Å². The van der Waals surface area contributed by atoms with Gasteiger partial charge in [0.1, 0.15) is 5.75 Å². The molecule has 19 heavy (non-hydrogen) atoms. The predicted octanol–water partition coefficient (Wildman–Crippen LogP) is 2.75. The number of phenols is 1. The molecule has 0 spiro atoms. The molecule has 98 valence electrons. The molecule has 0 saturated carbocycles. The van der Waals surface area contributed by atoms with Crippen LogP contribution in [0.2, 0.25) is 0 Å². The summed E-state index contributed by atoms with van der Waals surface area (Å²) in [7, 11) is 0. The van der Waals surface area contributed by atoms with Crippen LogP contribution in [0.25, 0.3) is 0 Å². The summed E-state index contributed by atoms with van der Waals surface area (Å²) >= 11 is 0. The number of benzene rings is 2. The molecule has 0 heterocycles. The van der Waals surface area contributed by atoms with Crippen LogP contribution in [0, 0.1) is 0 Å². The zero-order valence-corrected chi connectivity index (χ0v) is 10.7. The maximum absolute atomic E-state index is 11.8. The van der Waals surface area contributed by atoms with Crippen LogP contribution in [-0.4, -0.2) is 17.6 Å². The van der Waals surface area contributed by atoms with E-state index in [2.05, 4.69) is 17.4 Å². The van der Waals surface area contributed by atoms with Gasteiger partial charge in [0.25, 0.3) is 5.91 Å². The van der Waals surface area contributed by atoms with Crippen molar-refractivity contribution in [3.8, 4) is 5.75 Å². The molecule has 1 amide bonds. The standard InChI is InChI=1S/C16H17NO2/c18-15-10-4-9-14(12-15)16(19)17-11-5-8-13-6-2-1-3-7-13/h1-4,6-7,9-10,12,18H,5,8,11H2,(H,17,19). The molecule has 0 aliphatic carbocycles. The quantitative estimate of drug-likeness (QED) is 0.807. The fraction of sp³-hybridized carbons (Fsp3) is 0.188. The lowest BCUT2D eigenvalue weighted by Gasteiger charge is -2.05. The second-order valence-electron chi connectivity index (χ2n) is 4.40. The fourth-order valence-corrected chi connectivity index (χ4v) is 1.89. The molecule has 2 aromatic carbocycles. The summed E-state index contributed by atoms with van der Waals surface area (Å²) in [6, 6.07) is 16.5. The van der Waals surface area contributed by atoms with Gasteiger partial charge in [-0.3, -0.25) is 4.79 Å². The van der Waals surface area contributed by atoms with Crippen LogP contribution in [0.5, 0.6) is 5.75 Å². The Bertz CT molecular complexity index is 537. The van der Waals surface area contributed by atoms with Crippen molar-refractivity contribution in [3.63, 3.8) is 0 Å². The van der Waals surface area contributed by atoms with E-state index in [1.165, 1.54) is 11.6 Å². The summed E-state index contributed by atoms with van der Waals surface area (Å²) in [5.74, 6) is -0.0408. The van der Waals surface area contributed by atoms with Crippen LogP contribution in [-0.2, 0) is 6.42 Å².